The summed E-state index contributed by atoms with van der Waals surface area (Å²) in [7, 11) is 0. The molecule has 0 unspecified atom stereocenters. The maximum atomic E-state index is 15.0. The number of hydrogen-bond donors (Lipinski definition) is 0. The summed E-state index contributed by atoms with van der Waals surface area (Å²) in [5.41, 5.74) is 3.71. The van der Waals surface area contributed by atoms with Gasteiger partial charge in [-0.25, -0.2) is 8.78 Å². The highest BCUT2D eigenvalue weighted by molar-refractivity contribution is 5.26. The lowest BCUT2D eigenvalue weighted by Gasteiger charge is -2.38. The first-order valence-corrected chi connectivity index (χ1v) is 23.1. The Balaban J connectivity index is 0.814. The average molecular weight is 731 g/mol. The van der Waals surface area contributed by atoms with Gasteiger partial charge in [-0.2, -0.15) is 0 Å². The Labute approximate surface area is 324 Å². The van der Waals surface area contributed by atoms with E-state index in [0.29, 0.717) is 26.1 Å². The lowest BCUT2D eigenvalue weighted by Crippen LogP contribution is -2.26. The van der Waals surface area contributed by atoms with Crippen LogP contribution in [0.3, 0.4) is 0 Å². The summed E-state index contributed by atoms with van der Waals surface area (Å²) in [4.78, 5) is 0. The molecule has 6 rings (SSSR count). The fourth-order valence-electron chi connectivity index (χ4n) is 11.7. The number of ether oxygens (including phenoxy) is 1. The number of hydrogen-bond acceptors (Lipinski definition) is 1. The predicted octanol–water partition coefficient (Wildman–Crippen LogP) is 14.5. The Morgan fingerprint density at radius 2 is 0.755 bits per heavy atom. The quantitative estimate of drug-likeness (QED) is 0.139. The molecule has 4 aliphatic rings. The van der Waals surface area contributed by atoms with Crippen LogP contribution in [0.25, 0.3) is 0 Å². The van der Waals surface area contributed by atoms with Crippen LogP contribution in [0.1, 0.15) is 177 Å². The van der Waals surface area contributed by atoms with E-state index in [2.05, 4.69) is 26.0 Å². The van der Waals surface area contributed by atoms with Crippen molar-refractivity contribution in [1.29, 1.82) is 0 Å². The Morgan fingerprint density at radius 1 is 0.434 bits per heavy atom. The van der Waals surface area contributed by atoms with Crippen LogP contribution in [0.2, 0.25) is 0 Å². The number of rotatable bonds is 18. The monoisotopic (exact) mass is 731 g/mol. The van der Waals surface area contributed by atoms with Gasteiger partial charge in [0.1, 0.15) is 11.6 Å². The Hall–Kier alpha value is -1.74. The van der Waals surface area contributed by atoms with Gasteiger partial charge >= 0.3 is 0 Å². The standard InChI is InChI=1S/C50H76F2O/c1-3-5-37-11-21-43(22-12-37)45-25-15-39(16-26-45)7-9-41-19-29-47(49(51)35-41)31-33-53-34-32-48-30-20-42(36-50(48)52)10-8-40-17-27-46(28-18-40)44-23-13-38(6-4-2)14-24-44/h19-20,29-30,35-40,43-46H,3-18,21-28,31-34H2,1-2H3. The minimum atomic E-state index is -0.104. The molecule has 296 valence electrons. The van der Waals surface area contributed by atoms with Crippen LogP contribution >= 0.6 is 0 Å². The van der Waals surface area contributed by atoms with Crippen LogP contribution in [-0.4, -0.2) is 13.2 Å². The summed E-state index contributed by atoms with van der Waals surface area (Å²) >= 11 is 0. The molecule has 3 heteroatoms. The molecule has 0 radical (unpaired) electrons. The first kappa shape index (κ1) is 40.9. The van der Waals surface area contributed by atoms with Crippen LogP contribution < -0.4 is 0 Å². The topological polar surface area (TPSA) is 9.23 Å². The molecule has 2 aromatic rings. The molecule has 1 nitrogen and oxygen atoms in total. The molecular weight excluding hydrogens is 655 g/mol. The minimum absolute atomic E-state index is 0.104. The van der Waals surface area contributed by atoms with Crippen molar-refractivity contribution in [2.75, 3.05) is 13.2 Å². The average Bonchev–Trinajstić information content (AvgIpc) is 3.19. The van der Waals surface area contributed by atoms with Crippen molar-refractivity contribution in [2.24, 2.45) is 47.3 Å². The molecule has 0 atom stereocenters. The largest absolute Gasteiger partial charge is 0.381 e. The van der Waals surface area contributed by atoms with Gasteiger partial charge in [-0.3, -0.25) is 0 Å². The molecule has 53 heavy (non-hydrogen) atoms. The summed E-state index contributed by atoms with van der Waals surface area (Å²) in [6.07, 6.45) is 34.0. The van der Waals surface area contributed by atoms with Crippen LogP contribution in [0, 0.1) is 59.0 Å². The Morgan fingerprint density at radius 3 is 1.06 bits per heavy atom. The zero-order chi connectivity index (χ0) is 36.8. The smallest absolute Gasteiger partial charge is 0.126 e. The van der Waals surface area contributed by atoms with E-state index in [0.717, 1.165) is 82.4 Å². The zero-order valence-corrected chi connectivity index (χ0v) is 34.0. The predicted molar refractivity (Wildman–Crippen MR) is 219 cm³/mol. The third-order valence-electron chi connectivity index (χ3n) is 15.2. The molecule has 0 amide bonds. The number of aryl methyl sites for hydroxylation is 2. The molecule has 0 aliphatic heterocycles. The van der Waals surface area contributed by atoms with E-state index in [9.17, 15) is 0 Å². The van der Waals surface area contributed by atoms with E-state index in [1.807, 2.05) is 12.1 Å². The van der Waals surface area contributed by atoms with E-state index in [-0.39, 0.29) is 11.6 Å². The lowest BCUT2D eigenvalue weighted by atomic mass is 9.68. The third kappa shape index (κ3) is 12.6. The van der Waals surface area contributed by atoms with Gasteiger partial charge in [-0.1, -0.05) is 115 Å². The van der Waals surface area contributed by atoms with Gasteiger partial charge in [-0.05, 0) is 172 Å². The van der Waals surface area contributed by atoms with Gasteiger partial charge in [0, 0.05) is 0 Å². The highest BCUT2D eigenvalue weighted by Gasteiger charge is 2.32. The van der Waals surface area contributed by atoms with Crippen molar-refractivity contribution < 1.29 is 13.5 Å². The van der Waals surface area contributed by atoms with E-state index in [4.69, 9.17) is 4.74 Å². The van der Waals surface area contributed by atoms with Gasteiger partial charge in [-0.15, -0.1) is 0 Å². The molecule has 0 N–H and O–H groups in total. The van der Waals surface area contributed by atoms with E-state index < -0.39 is 0 Å². The fourth-order valence-corrected chi connectivity index (χ4v) is 11.7. The SMILES string of the molecule is CCCC1CCC(C2CCC(CCc3ccc(CCOCCc4ccc(CCC5CCC(C6CCC(CCC)CC6)CC5)cc4F)c(F)c3)CC2)CC1. The van der Waals surface area contributed by atoms with Crippen molar-refractivity contribution >= 4 is 0 Å². The molecule has 0 aromatic heterocycles. The van der Waals surface area contributed by atoms with E-state index in [1.54, 1.807) is 12.1 Å². The van der Waals surface area contributed by atoms with Gasteiger partial charge in [0.15, 0.2) is 0 Å². The van der Waals surface area contributed by atoms with Crippen molar-refractivity contribution in [2.45, 2.75) is 181 Å². The summed E-state index contributed by atoms with van der Waals surface area (Å²) in [5.74, 6) is 7.31. The molecule has 0 saturated heterocycles. The second kappa shape index (κ2) is 21.5. The summed E-state index contributed by atoms with van der Waals surface area (Å²) in [5, 5.41) is 0. The minimum Gasteiger partial charge on any atom is -0.381 e. The Kier molecular flexibility index (Phi) is 16.6. The summed E-state index contributed by atoms with van der Waals surface area (Å²) in [6, 6.07) is 11.7. The maximum absolute atomic E-state index is 15.0. The Bertz CT molecular complexity index is 1220. The van der Waals surface area contributed by atoms with Crippen molar-refractivity contribution in [3.63, 3.8) is 0 Å². The first-order valence-electron chi connectivity index (χ1n) is 23.1. The van der Waals surface area contributed by atoms with Gasteiger partial charge in [0.2, 0.25) is 0 Å². The van der Waals surface area contributed by atoms with Gasteiger partial charge < -0.3 is 4.74 Å². The first-order chi connectivity index (χ1) is 26.0. The van der Waals surface area contributed by atoms with Crippen LogP contribution in [-0.2, 0) is 30.4 Å². The van der Waals surface area contributed by atoms with Gasteiger partial charge in [0.25, 0.3) is 0 Å². The molecule has 4 aliphatic carbocycles. The number of halogens is 2. The number of benzene rings is 2. The van der Waals surface area contributed by atoms with Gasteiger partial charge in [0.05, 0.1) is 13.2 Å². The highest BCUT2D eigenvalue weighted by Crippen LogP contribution is 2.44. The summed E-state index contributed by atoms with van der Waals surface area (Å²) < 4.78 is 35.9. The van der Waals surface area contributed by atoms with Crippen LogP contribution in [0.5, 0.6) is 0 Å². The zero-order valence-electron chi connectivity index (χ0n) is 34.0. The van der Waals surface area contributed by atoms with E-state index in [1.165, 1.54) is 141 Å². The second-order valence-electron chi connectivity index (χ2n) is 18.7. The van der Waals surface area contributed by atoms with Crippen molar-refractivity contribution in [3.8, 4) is 0 Å². The molecule has 4 fully saturated rings. The van der Waals surface area contributed by atoms with Crippen LogP contribution in [0.4, 0.5) is 8.78 Å². The molecule has 0 bridgehead atoms. The normalized spacial score (nSPS) is 29.7. The van der Waals surface area contributed by atoms with E-state index >= 15 is 8.78 Å². The molecule has 0 spiro atoms. The maximum Gasteiger partial charge on any atom is 0.126 e. The fraction of sp³-hybridized carbons (Fsp3) is 0.760. The lowest BCUT2D eigenvalue weighted by molar-refractivity contribution is 0.139. The molecule has 2 aromatic carbocycles. The van der Waals surface area contributed by atoms with Crippen molar-refractivity contribution in [1.82, 2.24) is 0 Å². The molecule has 0 heterocycles. The summed E-state index contributed by atoms with van der Waals surface area (Å²) in [6.45, 7) is 5.59. The molecular formula is C50H76F2O. The van der Waals surface area contributed by atoms with Crippen LogP contribution in [0.15, 0.2) is 36.4 Å². The van der Waals surface area contributed by atoms with Crippen molar-refractivity contribution in [3.05, 3.63) is 70.3 Å². The second-order valence-corrected chi connectivity index (χ2v) is 18.7. The highest BCUT2D eigenvalue weighted by atomic mass is 19.1. The third-order valence-corrected chi connectivity index (χ3v) is 15.2. The molecule has 4 saturated carbocycles.